The molecule has 0 aliphatic carbocycles. The van der Waals surface area contributed by atoms with E-state index in [0.717, 1.165) is 0 Å². The smallest absolute Gasteiger partial charge is 0.419 e. The summed E-state index contributed by atoms with van der Waals surface area (Å²) in [7, 11) is 2.92. The standard InChI is InChI=1S/C10H9NO5/c1-14-7-3-5-6(4-8(7)15-2)11-10(13)16-9(5)12/h3-4H,1-2H3,(H,11,13). The molecule has 6 heteroatoms. The van der Waals surface area contributed by atoms with E-state index in [1.54, 1.807) is 0 Å². The van der Waals surface area contributed by atoms with E-state index in [-0.39, 0.29) is 5.39 Å². The topological polar surface area (TPSA) is 81.5 Å². The Morgan fingerprint density at radius 2 is 1.75 bits per heavy atom. The van der Waals surface area contributed by atoms with Crippen LogP contribution in [0.25, 0.3) is 10.9 Å². The zero-order valence-corrected chi connectivity index (χ0v) is 8.70. The predicted octanol–water partition coefficient (Wildman–Crippen LogP) is 0.498. The second-order valence-corrected chi connectivity index (χ2v) is 3.05. The van der Waals surface area contributed by atoms with Gasteiger partial charge in [-0.25, -0.2) is 9.59 Å². The van der Waals surface area contributed by atoms with Crippen molar-refractivity contribution in [1.82, 2.24) is 4.98 Å². The van der Waals surface area contributed by atoms with Gasteiger partial charge >= 0.3 is 11.4 Å². The van der Waals surface area contributed by atoms with E-state index in [4.69, 9.17) is 9.47 Å². The maximum atomic E-state index is 11.4. The number of nitrogens with one attached hydrogen (secondary N) is 1. The molecule has 1 aromatic carbocycles. The average Bonchev–Trinajstić information content (AvgIpc) is 2.27. The second kappa shape index (κ2) is 3.73. The van der Waals surface area contributed by atoms with Crippen LogP contribution in [0, 0.1) is 0 Å². The summed E-state index contributed by atoms with van der Waals surface area (Å²) in [4.78, 5) is 24.7. The van der Waals surface area contributed by atoms with Gasteiger partial charge in [-0.15, -0.1) is 0 Å². The first-order chi connectivity index (χ1) is 7.65. The van der Waals surface area contributed by atoms with Gasteiger partial charge in [0.1, 0.15) is 0 Å². The number of benzene rings is 1. The van der Waals surface area contributed by atoms with Crippen molar-refractivity contribution in [3.63, 3.8) is 0 Å². The van der Waals surface area contributed by atoms with Crippen LogP contribution in [-0.4, -0.2) is 19.2 Å². The minimum atomic E-state index is -0.801. The van der Waals surface area contributed by atoms with Crippen LogP contribution in [0.4, 0.5) is 0 Å². The number of methoxy groups -OCH3 is 2. The first-order valence-electron chi connectivity index (χ1n) is 4.45. The summed E-state index contributed by atoms with van der Waals surface area (Å²) in [5, 5.41) is 0.234. The van der Waals surface area contributed by atoms with E-state index < -0.39 is 11.4 Å². The lowest BCUT2D eigenvalue weighted by Crippen LogP contribution is -2.14. The summed E-state index contributed by atoms with van der Waals surface area (Å²) in [5.74, 6) is 0.0234. The van der Waals surface area contributed by atoms with Crippen LogP contribution in [0.5, 0.6) is 11.5 Å². The number of H-pyrrole nitrogens is 1. The zero-order valence-electron chi connectivity index (χ0n) is 8.70. The summed E-state index contributed by atoms with van der Waals surface area (Å²) in [6.07, 6.45) is 0. The lowest BCUT2D eigenvalue weighted by atomic mass is 10.2. The molecule has 16 heavy (non-hydrogen) atoms. The van der Waals surface area contributed by atoms with Gasteiger partial charge in [-0.3, -0.25) is 4.98 Å². The Labute approximate surface area is 89.4 Å². The van der Waals surface area contributed by atoms with Crippen LogP contribution in [-0.2, 0) is 0 Å². The molecule has 84 valence electrons. The number of hydrogen-bond donors (Lipinski definition) is 1. The molecule has 0 aliphatic heterocycles. The van der Waals surface area contributed by atoms with Gasteiger partial charge in [0.2, 0.25) is 0 Å². The third-order valence-electron chi connectivity index (χ3n) is 2.17. The van der Waals surface area contributed by atoms with E-state index in [0.29, 0.717) is 17.0 Å². The monoisotopic (exact) mass is 223 g/mol. The minimum Gasteiger partial charge on any atom is -0.493 e. The van der Waals surface area contributed by atoms with Crippen LogP contribution in [0.15, 0.2) is 26.1 Å². The van der Waals surface area contributed by atoms with Gasteiger partial charge in [0.15, 0.2) is 11.5 Å². The van der Waals surface area contributed by atoms with Gasteiger partial charge in [-0.2, -0.15) is 0 Å². The molecule has 6 nitrogen and oxygen atoms in total. The highest BCUT2D eigenvalue weighted by Gasteiger charge is 2.09. The minimum absolute atomic E-state index is 0.234. The average molecular weight is 223 g/mol. The maximum absolute atomic E-state index is 11.4. The largest absolute Gasteiger partial charge is 0.493 e. The Hall–Kier alpha value is -2.24. The van der Waals surface area contributed by atoms with Crippen molar-refractivity contribution >= 4 is 10.9 Å². The van der Waals surface area contributed by atoms with E-state index in [9.17, 15) is 9.59 Å². The van der Waals surface area contributed by atoms with Gasteiger partial charge in [0.05, 0.1) is 25.1 Å². The Balaban J connectivity index is 2.88. The Morgan fingerprint density at radius 3 is 2.38 bits per heavy atom. The molecule has 0 saturated carbocycles. The van der Waals surface area contributed by atoms with E-state index in [1.165, 1.54) is 26.4 Å². The molecule has 0 saturated heterocycles. The van der Waals surface area contributed by atoms with Crippen molar-refractivity contribution in [3.05, 3.63) is 33.1 Å². The molecule has 1 aromatic heterocycles. The van der Waals surface area contributed by atoms with E-state index in [2.05, 4.69) is 9.40 Å². The third-order valence-corrected chi connectivity index (χ3v) is 2.17. The number of hydrogen-bond acceptors (Lipinski definition) is 5. The Kier molecular flexibility index (Phi) is 2.40. The molecular formula is C10H9NO5. The second-order valence-electron chi connectivity index (χ2n) is 3.05. The normalized spacial score (nSPS) is 10.4. The van der Waals surface area contributed by atoms with E-state index in [1.807, 2.05) is 0 Å². The summed E-state index contributed by atoms with van der Waals surface area (Å²) in [6, 6.07) is 2.96. The van der Waals surface area contributed by atoms with Crippen molar-refractivity contribution in [2.24, 2.45) is 0 Å². The molecule has 1 heterocycles. The van der Waals surface area contributed by atoms with Gasteiger partial charge in [-0.05, 0) is 0 Å². The number of fused-ring (bicyclic) bond motifs is 1. The van der Waals surface area contributed by atoms with Gasteiger partial charge < -0.3 is 13.9 Å². The molecule has 1 N–H and O–H groups in total. The molecule has 0 bridgehead atoms. The molecule has 0 fully saturated rings. The van der Waals surface area contributed by atoms with Gasteiger partial charge in [0.25, 0.3) is 0 Å². The van der Waals surface area contributed by atoms with Crippen molar-refractivity contribution in [2.45, 2.75) is 0 Å². The number of ether oxygens (including phenoxy) is 2. The van der Waals surface area contributed by atoms with Crippen molar-refractivity contribution in [3.8, 4) is 11.5 Å². The molecule has 0 aliphatic rings. The molecule has 0 radical (unpaired) electrons. The lowest BCUT2D eigenvalue weighted by molar-refractivity contribution is 0.355. The SMILES string of the molecule is COc1cc2[nH]c(=O)oc(=O)c2cc1OC. The lowest BCUT2D eigenvalue weighted by Gasteiger charge is -2.07. The highest BCUT2D eigenvalue weighted by Crippen LogP contribution is 2.29. The summed E-state index contributed by atoms with van der Waals surface area (Å²) < 4.78 is 14.5. The van der Waals surface area contributed by atoms with Gasteiger partial charge in [-0.1, -0.05) is 0 Å². The summed E-state index contributed by atoms with van der Waals surface area (Å²) in [5.41, 5.74) is -0.362. The molecule has 0 spiro atoms. The Morgan fingerprint density at radius 1 is 1.12 bits per heavy atom. The molecule has 0 atom stereocenters. The first kappa shape index (κ1) is 10.3. The quantitative estimate of drug-likeness (QED) is 0.801. The Bertz CT molecular complexity index is 640. The zero-order chi connectivity index (χ0) is 11.7. The van der Waals surface area contributed by atoms with Crippen LogP contribution in [0.2, 0.25) is 0 Å². The van der Waals surface area contributed by atoms with Crippen molar-refractivity contribution < 1.29 is 13.9 Å². The fourth-order valence-corrected chi connectivity index (χ4v) is 1.43. The molecule has 0 amide bonds. The molecule has 0 unspecified atom stereocenters. The number of aromatic amines is 1. The van der Waals surface area contributed by atoms with Crippen molar-refractivity contribution in [2.75, 3.05) is 14.2 Å². The number of rotatable bonds is 2. The molecule has 2 rings (SSSR count). The summed E-state index contributed by atoms with van der Waals surface area (Å²) in [6.45, 7) is 0. The van der Waals surface area contributed by atoms with Crippen LogP contribution >= 0.6 is 0 Å². The van der Waals surface area contributed by atoms with Crippen molar-refractivity contribution in [1.29, 1.82) is 0 Å². The van der Waals surface area contributed by atoms with Crippen LogP contribution < -0.4 is 20.9 Å². The number of aromatic nitrogens is 1. The fourth-order valence-electron chi connectivity index (χ4n) is 1.43. The third kappa shape index (κ3) is 1.54. The molecular weight excluding hydrogens is 214 g/mol. The first-order valence-corrected chi connectivity index (χ1v) is 4.45. The highest BCUT2D eigenvalue weighted by atomic mass is 16.5. The van der Waals surface area contributed by atoms with Crippen LogP contribution in [0.3, 0.4) is 0 Å². The maximum Gasteiger partial charge on any atom is 0.419 e. The predicted molar refractivity (Wildman–Crippen MR) is 56.2 cm³/mol. The van der Waals surface area contributed by atoms with E-state index >= 15 is 0 Å². The molecule has 2 aromatic rings. The summed E-state index contributed by atoms with van der Waals surface area (Å²) >= 11 is 0. The van der Waals surface area contributed by atoms with Gasteiger partial charge in [0, 0.05) is 12.1 Å². The highest BCUT2D eigenvalue weighted by molar-refractivity contribution is 5.81. The fraction of sp³-hybridized carbons (Fsp3) is 0.200. The van der Waals surface area contributed by atoms with Crippen LogP contribution in [0.1, 0.15) is 0 Å².